The van der Waals surface area contributed by atoms with E-state index in [0.717, 1.165) is 13.1 Å². The number of carbonyl (C=O) groups excluding carboxylic acids is 2. The lowest BCUT2D eigenvalue weighted by Gasteiger charge is -2.23. The van der Waals surface area contributed by atoms with Gasteiger partial charge in [0.2, 0.25) is 0 Å². The van der Waals surface area contributed by atoms with Crippen LogP contribution in [0.2, 0.25) is 5.02 Å². The molecule has 2 aliphatic rings. The molecule has 0 bridgehead atoms. The van der Waals surface area contributed by atoms with Gasteiger partial charge in [0.15, 0.2) is 5.82 Å². The number of benzene rings is 1. The number of rotatable bonds is 10. The Morgan fingerprint density at radius 2 is 1.97 bits per heavy atom. The molecular formula is C25H32ClN5O4. The number of halogens is 1. The van der Waals surface area contributed by atoms with Crippen molar-refractivity contribution in [3.05, 3.63) is 53.4 Å². The van der Waals surface area contributed by atoms with E-state index < -0.39 is 12.1 Å². The molecule has 0 radical (unpaired) electrons. The van der Waals surface area contributed by atoms with Gasteiger partial charge in [0.05, 0.1) is 24.2 Å². The maximum atomic E-state index is 13.4. The predicted molar refractivity (Wildman–Crippen MR) is 133 cm³/mol. The maximum Gasteiger partial charge on any atom is 0.251 e. The number of amides is 2. The van der Waals surface area contributed by atoms with Crippen LogP contribution in [0.15, 0.2) is 48.4 Å². The first-order chi connectivity index (χ1) is 16.8. The molecule has 35 heavy (non-hydrogen) atoms. The van der Waals surface area contributed by atoms with Crippen LogP contribution in [-0.2, 0) is 16.1 Å². The number of anilines is 1. The number of aliphatic hydroxyl groups is 1. The van der Waals surface area contributed by atoms with E-state index in [2.05, 4.69) is 23.8 Å². The van der Waals surface area contributed by atoms with E-state index in [0.29, 0.717) is 41.9 Å². The van der Waals surface area contributed by atoms with Crippen LogP contribution >= 0.6 is 11.6 Å². The fraction of sp³-hybridized carbons (Fsp3) is 0.480. The summed E-state index contributed by atoms with van der Waals surface area (Å²) in [5, 5.41) is 15.4. The van der Waals surface area contributed by atoms with Crippen molar-refractivity contribution in [3.63, 3.8) is 0 Å². The molecule has 188 valence electrons. The van der Waals surface area contributed by atoms with Gasteiger partial charge >= 0.3 is 0 Å². The number of ether oxygens (including phenoxy) is 1. The molecule has 3 heterocycles. The fourth-order valence-corrected chi connectivity index (χ4v) is 4.82. The van der Waals surface area contributed by atoms with Gasteiger partial charge in [-0.15, -0.1) is 0 Å². The van der Waals surface area contributed by atoms with Gasteiger partial charge in [-0.25, -0.2) is 0 Å². The zero-order valence-electron chi connectivity index (χ0n) is 20.3. The molecule has 9 nitrogen and oxygen atoms in total. The van der Waals surface area contributed by atoms with Crippen molar-refractivity contribution in [2.45, 2.75) is 51.9 Å². The minimum atomic E-state index is -0.598. The Morgan fingerprint density at radius 1 is 1.23 bits per heavy atom. The summed E-state index contributed by atoms with van der Waals surface area (Å²) in [6, 6.07) is 8.10. The first kappa shape index (κ1) is 25.2. The average Bonchev–Trinajstić information content (AvgIpc) is 3.50. The summed E-state index contributed by atoms with van der Waals surface area (Å²) < 4.78 is 7.48. The number of aliphatic hydroxyl groups excluding tert-OH is 1. The third-order valence-corrected chi connectivity index (χ3v) is 6.82. The van der Waals surface area contributed by atoms with Gasteiger partial charge in [0.1, 0.15) is 17.6 Å². The highest BCUT2D eigenvalue weighted by Gasteiger charge is 2.45. The topological polar surface area (TPSA) is 91.1 Å². The molecule has 4 rings (SSSR count). The number of hydrogen-bond donors (Lipinski definition) is 1. The minimum Gasteiger partial charge on any atom is -0.458 e. The Hall–Kier alpha value is -2.88. The number of para-hydroxylation sites is 1. The normalized spacial score (nSPS) is 21.3. The molecule has 0 spiro atoms. The molecule has 2 aromatic rings. The van der Waals surface area contributed by atoms with E-state index in [4.69, 9.17) is 16.3 Å². The number of carbonyl (C=O) groups is 2. The number of aromatic nitrogens is 2. The van der Waals surface area contributed by atoms with Gasteiger partial charge in [-0.05, 0) is 38.6 Å². The smallest absolute Gasteiger partial charge is 0.251 e. The summed E-state index contributed by atoms with van der Waals surface area (Å²) in [6.45, 7) is 8.91. The summed E-state index contributed by atoms with van der Waals surface area (Å²) in [6.07, 6.45) is 3.11. The van der Waals surface area contributed by atoms with Crippen LogP contribution in [0.25, 0.3) is 0 Å². The molecule has 10 heteroatoms. The van der Waals surface area contributed by atoms with Crippen molar-refractivity contribution in [3.8, 4) is 5.75 Å². The van der Waals surface area contributed by atoms with Gasteiger partial charge in [0, 0.05) is 30.9 Å². The van der Waals surface area contributed by atoms with E-state index in [1.54, 1.807) is 46.1 Å². The van der Waals surface area contributed by atoms with Crippen LogP contribution < -0.4 is 9.64 Å². The zero-order valence-corrected chi connectivity index (χ0v) is 21.1. The second kappa shape index (κ2) is 10.8. The highest BCUT2D eigenvalue weighted by molar-refractivity contribution is 6.32. The monoisotopic (exact) mass is 501 g/mol. The largest absolute Gasteiger partial charge is 0.458 e. The van der Waals surface area contributed by atoms with Gasteiger partial charge in [-0.1, -0.05) is 37.6 Å². The third-order valence-electron chi connectivity index (χ3n) is 6.51. The van der Waals surface area contributed by atoms with Crippen LogP contribution in [0.3, 0.4) is 0 Å². The standard InChI is InChI=1S/C25H32ClN5O4/c1-4-28(5-2)14-18(32)15-29-11-10-23(27-29)31-17(3)12-21(25(31)34)30-16-19(13-24(30)33)35-22-9-7-6-8-20(22)26/h6-11,13,17-18,21,32H,4-5,12,14-16H2,1-3H3/t17?,18-,21-/m0/s1. The van der Waals surface area contributed by atoms with Gasteiger partial charge < -0.3 is 19.6 Å². The Bertz CT molecular complexity index is 1100. The van der Waals surface area contributed by atoms with Crippen molar-refractivity contribution in [1.29, 1.82) is 0 Å². The van der Waals surface area contributed by atoms with Crippen LogP contribution in [0.4, 0.5) is 5.82 Å². The molecule has 1 N–H and O–H groups in total. The molecule has 0 saturated carbocycles. The SMILES string of the molecule is CCN(CC)C[C@H](O)Cn1ccc(N2C(=O)[C@@H](N3CC(Oc4ccccc4Cl)=CC3=O)CC2C)n1. The summed E-state index contributed by atoms with van der Waals surface area (Å²) >= 11 is 6.17. The fourth-order valence-electron chi connectivity index (χ4n) is 4.65. The van der Waals surface area contributed by atoms with E-state index in [9.17, 15) is 14.7 Å². The Kier molecular flexibility index (Phi) is 7.78. The van der Waals surface area contributed by atoms with Crippen LogP contribution in [0.1, 0.15) is 27.2 Å². The number of likely N-dealkylation sites (N-methyl/N-ethyl adjacent to an activating group) is 1. The summed E-state index contributed by atoms with van der Waals surface area (Å²) in [7, 11) is 0. The van der Waals surface area contributed by atoms with Crippen molar-refractivity contribution in [2.75, 3.05) is 31.1 Å². The molecular weight excluding hydrogens is 470 g/mol. The quantitative estimate of drug-likeness (QED) is 0.538. The van der Waals surface area contributed by atoms with Crippen LogP contribution in [0.5, 0.6) is 5.75 Å². The molecule has 0 aliphatic carbocycles. The highest BCUT2D eigenvalue weighted by Crippen LogP contribution is 2.32. The number of nitrogens with zero attached hydrogens (tertiary/aromatic N) is 5. The van der Waals surface area contributed by atoms with Gasteiger partial charge in [0.25, 0.3) is 11.8 Å². The molecule has 2 amide bonds. The van der Waals surface area contributed by atoms with Crippen molar-refractivity contribution >= 4 is 29.2 Å². The Labute approximate surface area is 210 Å². The summed E-state index contributed by atoms with van der Waals surface area (Å²) in [4.78, 5) is 31.4. The highest BCUT2D eigenvalue weighted by atomic mass is 35.5. The van der Waals surface area contributed by atoms with Crippen LogP contribution in [0, 0.1) is 0 Å². The Balaban J connectivity index is 1.40. The van der Waals surface area contributed by atoms with Crippen molar-refractivity contribution in [1.82, 2.24) is 19.6 Å². The van der Waals surface area contributed by atoms with Gasteiger partial charge in [-0.3, -0.25) is 19.2 Å². The lowest BCUT2D eigenvalue weighted by molar-refractivity contribution is -0.133. The average molecular weight is 502 g/mol. The van der Waals surface area contributed by atoms with E-state index >= 15 is 0 Å². The second-order valence-corrected chi connectivity index (χ2v) is 9.36. The third kappa shape index (κ3) is 5.52. The zero-order chi connectivity index (χ0) is 25.1. The molecule has 1 aromatic heterocycles. The van der Waals surface area contributed by atoms with Crippen molar-refractivity contribution < 1.29 is 19.4 Å². The first-order valence-corrected chi connectivity index (χ1v) is 12.4. The van der Waals surface area contributed by atoms with E-state index in [1.165, 1.54) is 11.0 Å². The lowest BCUT2D eigenvalue weighted by atomic mass is 10.1. The lowest BCUT2D eigenvalue weighted by Crippen LogP contribution is -2.43. The van der Waals surface area contributed by atoms with Crippen molar-refractivity contribution in [2.24, 2.45) is 0 Å². The number of hydrogen-bond acceptors (Lipinski definition) is 6. The molecule has 3 atom stereocenters. The summed E-state index contributed by atoms with van der Waals surface area (Å²) in [5.74, 6) is 1.01. The second-order valence-electron chi connectivity index (χ2n) is 8.95. The predicted octanol–water partition coefficient (Wildman–Crippen LogP) is 2.54. The van der Waals surface area contributed by atoms with E-state index in [-0.39, 0.29) is 24.4 Å². The maximum absolute atomic E-state index is 13.4. The van der Waals surface area contributed by atoms with Gasteiger partial charge in [-0.2, -0.15) is 5.10 Å². The molecule has 1 unspecified atom stereocenters. The molecule has 1 fully saturated rings. The first-order valence-electron chi connectivity index (χ1n) is 12.0. The Morgan fingerprint density at radius 3 is 2.69 bits per heavy atom. The molecule has 1 saturated heterocycles. The summed E-state index contributed by atoms with van der Waals surface area (Å²) in [5.41, 5.74) is 0. The van der Waals surface area contributed by atoms with E-state index in [1.807, 2.05) is 6.92 Å². The minimum absolute atomic E-state index is 0.127. The molecule has 1 aromatic carbocycles. The molecule has 2 aliphatic heterocycles. The van der Waals surface area contributed by atoms with Crippen LogP contribution in [-0.4, -0.2) is 80.9 Å².